The third kappa shape index (κ3) is 2.62. The number of rotatable bonds is 3. The maximum absolute atomic E-state index is 10.9. The quantitative estimate of drug-likeness (QED) is 0.901. The van der Waals surface area contributed by atoms with Crippen LogP contribution in [0.4, 0.5) is 0 Å². The van der Waals surface area contributed by atoms with E-state index < -0.39 is 5.91 Å². The van der Waals surface area contributed by atoms with Gasteiger partial charge in [-0.3, -0.25) is 4.79 Å². The van der Waals surface area contributed by atoms with E-state index >= 15 is 0 Å². The Kier molecular flexibility index (Phi) is 3.08. The molecule has 2 rings (SSSR count). The lowest BCUT2D eigenvalue weighted by atomic mass is 10.2. The van der Waals surface area contributed by atoms with Crippen molar-refractivity contribution < 1.29 is 9.53 Å². The number of primary amides is 1. The fourth-order valence-electron chi connectivity index (χ4n) is 1.25. The summed E-state index contributed by atoms with van der Waals surface area (Å²) in [6.07, 6.45) is 0. The minimum absolute atomic E-state index is 0.441. The number of hydrogen-bond donors (Lipinski definition) is 1. The third-order valence-corrected chi connectivity index (χ3v) is 2.98. The number of carbonyl (C=O) groups excluding carboxylic acids is 1. The van der Waals surface area contributed by atoms with Crippen molar-refractivity contribution in [2.24, 2.45) is 5.73 Å². The van der Waals surface area contributed by atoms with Crippen molar-refractivity contribution in [1.82, 2.24) is 0 Å². The summed E-state index contributed by atoms with van der Waals surface area (Å²) in [5.74, 6) is 0.0811. The molecule has 0 spiro atoms. The molecule has 5 heteroatoms. The van der Waals surface area contributed by atoms with Crippen LogP contribution in [0.2, 0.25) is 0 Å². The molecule has 0 aliphatic heterocycles. The van der Waals surface area contributed by atoms with Crippen LogP contribution in [0.25, 0.3) is 0 Å². The van der Waals surface area contributed by atoms with Gasteiger partial charge in [0.1, 0.15) is 5.75 Å². The molecule has 4 nitrogen and oxygen atoms in total. The number of carbonyl (C=O) groups is 1. The van der Waals surface area contributed by atoms with Crippen molar-refractivity contribution in [3.05, 3.63) is 46.8 Å². The van der Waals surface area contributed by atoms with E-state index in [1.807, 2.05) is 6.07 Å². The zero-order valence-electron chi connectivity index (χ0n) is 8.71. The van der Waals surface area contributed by atoms with Crippen molar-refractivity contribution in [2.75, 3.05) is 0 Å². The Hall–Kier alpha value is -2.32. The summed E-state index contributed by atoms with van der Waals surface area (Å²) in [5.41, 5.74) is 5.66. The number of nitriles is 1. The molecule has 1 heterocycles. The van der Waals surface area contributed by atoms with Crippen LogP contribution in [0.1, 0.15) is 15.2 Å². The maximum atomic E-state index is 10.9. The smallest absolute Gasteiger partial charge is 0.258 e. The summed E-state index contributed by atoms with van der Waals surface area (Å²) in [7, 11) is 0. The molecule has 0 fully saturated rings. The molecule has 0 bridgehead atoms. The van der Waals surface area contributed by atoms with Gasteiger partial charge >= 0.3 is 0 Å². The Morgan fingerprint density at radius 3 is 2.82 bits per heavy atom. The van der Waals surface area contributed by atoms with Crippen molar-refractivity contribution >= 4 is 17.2 Å². The van der Waals surface area contributed by atoms with Crippen LogP contribution in [-0.4, -0.2) is 5.91 Å². The van der Waals surface area contributed by atoms with Gasteiger partial charge in [-0.2, -0.15) is 5.26 Å². The number of nitrogens with two attached hydrogens (primary N) is 1. The Morgan fingerprint density at radius 2 is 2.18 bits per heavy atom. The zero-order valence-corrected chi connectivity index (χ0v) is 9.53. The van der Waals surface area contributed by atoms with E-state index in [-0.39, 0.29) is 0 Å². The molecule has 0 saturated carbocycles. The lowest BCUT2D eigenvalue weighted by Gasteiger charge is -2.01. The Balaban J connectivity index is 2.19. The second kappa shape index (κ2) is 4.68. The minimum atomic E-state index is -0.476. The summed E-state index contributed by atoms with van der Waals surface area (Å²) >= 11 is 1.17. The largest absolute Gasteiger partial charge is 0.447 e. The van der Waals surface area contributed by atoms with Crippen molar-refractivity contribution in [3.63, 3.8) is 0 Å². The van der Waals surface area contributed by atoms with Gasteiger partial charge in [-0.25, -0.2) is 0 Å². The Morgan fingerprint density at radius 1 is 1.35 bits per heavy atom. The van der Waals surface area contributed by atoms with Crippen LogP contribution in [-0.2, 0) is 0 Å². The van der Waals surface area contributed by atoms with Gasteiger partial charge in [0.15, 0.2) is 5.06 Å². The van der Waals surface area contributed by atoms with Crippen LogP contribution in [0.15, 0.2) is 36.4 Å². The Labute approximate surface area is 102 Å². The first-order valence-electron chi connectivity index (χ1n) is 4.76. The van der Waals surface area contributed by atoms with Crippen LogP contribution in [0.5, 0.6) is 10.8 Å². The molecule has 0 unspecified atom stereocenters. The number of ether oxygens (including phenoxy) is 1. The molecule has 0 aliphatic rings. The van der Waals surface area contributed by atoms with Gasteiger partial charge in [0.25, 0.3) is 5.91 Å². The predicted octanol–water partition coefficient (Wildman–Crippen LogP) is 2.51. The van der Waals surface area contributed by atoms with Crippen molar-refractivity contribution in [1.29, 1.82) is 5.26 Å². The molecule has 1 aromatic carbocycles. The molecule has 2 aromatic rings. The predicted molar refractivity (Wildman–Crippen MR) is 64.1 cm³/mol. The molecule has 0 saturated heterocycles. The fraction of sp³-hybridized carbons (Fsp3) is 0. The highest BCUT2D eigenvalue weighted by atomic mass is 32.1. The molecule has 0 atom stereocenters. The van der Waals surface area contributed by atoms with Gasteiger partial charge in [-0.05, 0) is 30.3 Å². The van der Waals surface area contributed by atoms with E-state index in [9.17, 15) is 4.79 Å². The first kappa shape index (κ1) is 11.2. The van der Waals surface area contributed by atoms with Gasteiger partial charge in [0.05, 0.1) is 16.5 Å². The lowest BCUT2D eigenvalue weighted by Crippen LogP contribution is -2.07. The second-order valence-corrected chi connectivity index (χ2v) is 4.27. The summed E-state index contributed by atoms with van der Waals surface area (Å²) in [6, 6.07) is 12.1. The van der Waals surface area contributed by atoms with Crippen molar-refractivity contribution in [3.8, 4) is 16.9 Å². The third-order valence-electron chi connectivity index (χ3n) is 2.01. The maximum Gasteiger partial charge on any atom is 0.258 e. The van der Waals surface area contributed by atoms with Gasteiger partial charge in [-0.1, -0.05) is 17.4 Å². The zero-order chi connectivity index (χ0) is 12.3. The summed E-state index contributed by atoms with van der Waals surface area (Å²) in [6.45, 7) is 0. The van der Waals surface area contributed by atoms with Gasteiger partial charge in [0, 0.05) is 0 Å². The summed E-state index contributed by atoms with van der Waals surface area (Å²) in [5, 5.41) is 9.30. The van der Waals surface area contributed by atoms with Crippen LogP contribution >= 0.6 is 11.3 Å². The lowest BCUT2D eigenvalue weighted by molar-refractivity contribution is 0.100. The van der Waals surface area contributed by atoms with E-state index in [1.165, 1.54) is 11.3 Å². The average molecular weight is 244 g/mol. The topological polar surface area (TPSA) is 76.1 Å². The molecule has 17 heavy (non-hydrogen) atoms. The Bertz CT molecular complexity index is 599. The molecule has 1 aromatic heterocycles. The molecule has 2 N–H and O–H groups in total. The van der Waals surface area contributed by atoms with Crippen LogP contribution < -0.4 is 10.5 Å². The first-order valence-corrected chi connectivity index (χ1v) is 5.58. The van der Waals surface area contributed by atoms with E-state index in [0.29, 0.717) is 21.3 Å². The standard InChI is InChI=1S/C12H8N2O2S/c13-7-8-2-1-3-9(6-8)16-11-5-4-10(17-11)12(14)15/h1-6H,(H2,14,15). The van der Waals surface area contributed by atoms with Gasteiger partial charge in [0.2, 0.25) is 0 Å². The number of benzene rings is 1. The SMILES string of the molecule is N#Cc1cccc(Oc2ccc(C(N)=O)s2)c1. The first-order chi connectivity index (χ1) is 8.19. The van der Waals surface area contributed by atoms with E-state index in [4.69, 9.17) is 15.7 Å². The van der Waals surface area contributed by atoms with E-state index in [2.05, 4.69) is 0 Å². The normalized spacial score (nSPS) is 9.59. The van der Waals surface area contributed by atoms with Gasteiger partial charge < -0.3 is 10.5 Å². The van der Waals surface area contributed by atoms with Crippen LogP contribution in [0, 0.1) is 11.3 Å². The highest BCUT2D eigenvalue weighted by molar-refractivity contribution is 7.15. The molecule has 84 valence electrons. The van der Waals surface area contributed by atoms with Crippen molar-refractivity contribution in [2.45, 2.75) is 0 Å². The van der Waals surface area contributed by atoms with Gasteiger partial charge in [-0.15, -0.1) is 0 Å². The molecule has 1 amide bonds. The second-order valence-electron chi connectivity index (χ2n) is 3.22. The van der Waals surface area contributed by atoms with Crippen LogP contribution in [0.3, 0.4) is 0 Å². The number of amides is 1. The summed E-state index contributed by atoms with van der Waals surface area (Å²) in [4.78, 5) is 11.3. The molecule has 0 radical (unpaired) electrons. The monoisotopic (exact) mass is 244 g/mol. The highest BCUT2D eigenvalue weighted by Crippen LogP contribution is 2.29. The summed E-state index contributed by atoms with van der Waals surface area (Å²) < 4.78 is 5.51. The van der Waals surface area contributed by atoms with E-state index in [0.717, 1.165) is 0 Å². The number of hydrogen-bond acceptors (Lipinski definition) is 4. The van der Waals surface area contributed by atoms with E-state index in [1.54, 1.807) is 36.4 Å². The molecule has 0 aliphatic carbocycles. The fourth-order valence-corrected chi connectivity index (χ4v) is 1.98. The molecular formula is C12H8N2O2S. The molecular weight excluding hydrogens is 236 g/mol. The minimum Gasteiger partial charge on any atom is -0.447 e. The number of thiophene rings is 1. The number of nitrogens with zero attached hydrogens (tertiary/aromatic N) is 1. The highest BCUT2D eigenvalue weighted by Gasteiger charge is 2.06. The average Bonchev–Trinajstić information content (AvgIpc) is 2.78.